The monoisotopic (exact) mass is 448 g/mol. The molecule has 1 aliphatic heterocycles. The summed E-state index contributed by atoms with van der Waals surface area (Å²) in [4.78, 5) is 12.5. The highest BCUT2D eigenvalue weighted by atomic mass is 16.6. The summed E-state index contributed by atoms with van der Waals surface area (Å²) in [6.45, 7) is -0.548. The summed E-state index contributed by atoms with van der Waals surface area (Å²) in [6.07, 6.45) is -5.16. The Bertz CT molecular complexity index is 1220. The second-order valence-corrected chi connectivity index (χ2v) is 7.38. The van der Waals surface area contributed by atoms with Gasteiger partial charge < -0.3 is 49.6 Å². The van der Waals surface area contributed by atoms with Gasteiger partial charge in [-0.15, -0.1) is 0 Å². The predicted molar refractivity (Wildman–Crippen MR) is 108 cm³/mol. The first-order valence-corrected chi connectivity index (χ1v) is 9.50. The van der Waals surface area contributed by atoms with Gasteiger partial charge in [-0.2, -0.15) is 0 Å². The summed E-state index contributed by atoms with van der Waals surface area (Å²) in [5.74, 6) is -2.08. The fourth-order valence-electron chi connectivity index (χ4n) is 3.44. The lowest BCUT2D eigenvalue weighted by atomic mass is 10.0. The Hall–Kier alpha value is -3.51. The van der Waals surface area contributed by atoms with Crippen molar-refractivity contribution >= 4 is 11.0 Å². The molecule has 0 radical (unpaired) electrons. The number of benzene rings is 2. The fraction of sp³-hybridized carbons (Fsp3) is 0.286. The third-order valence-corrected chi connectivity index (χ3v) is 5.15. The van der Waals surface area contributed by atoms with Crippen molar-refractivity contribution < 1.29 is 49.6 Å². The van der Waals surface area contributed by atoms with Gasteiger partial charge in [0.2, 0.25) is 0 Å². The molecule has 7 N–H and O–H groups in total. The Kier molecular flexibility index (Phi) is 5.57. The molecule has 3 aromatic rings. The van der Waals surface area contributed by atoms with Gasteiger partial charge >= 0.3 is 0 Å². The van der Waals surface area contributed by atoms with Crippen LogP contribution in [0.2, 0.25) is 0 Å². The van der Waals surface area contributed by atoms with Crippen molar-refractivity contribution in [3.8, 4) is 40.1 Å². The number of aliphatic hydroxyl groups excluding tert-OH is 3. The van der Waals surface area contributed by atoms with E-state index in [1.807, 2.05) is 0 Å². The van der Waals surface area contributed by atoms with Crippen LogP contribution in [0, 0.1) is 0 Å². The highest BCUT2D eigenvalue weighted by molar-refractivity contribution is 5.86. The number of phenolic OH excluding ortho intramolecular Hbond substituents is 4. The summed E-state index contributed by atoms with van der Waals surface area (Å²) < 4.78 is 16.5. The van der Waals surface area contributed by atoms with Crippen molar-refractivity contribution in [1.82, 2.24) is 0 Å². The average Bonchev–Trinajstić information content (AvgIpc) is 2.72. The maximum atomic E-state index is 12.5. The van der Waals surface area contributed by atoms with E-state index in [-0.39, 0.29) is 47.0 Å². The summed E-state index contributed by atoms with van der Waals surface area (Å²) in [5.41, 5.74) is -0.736. The lowest BCUT2D eigenvalue weighted by Crippen LogP contribution is -2.54. The lowest BCUT2D eigenvalue weighted by Gasteiger charge is -2.35. The fourth-order valence-corrected chi connectivity index (χ4v) is 3.44. The molecule has 4 rings (SSSR count). The molecule has 0 amide bonds. The van der Waals surface area contributed by atoms with Gasteiger partial charge in [-0.05, 0) is 6.07 Å². The quantitative estimate of drug-likeness (QED) is 0.269. The van der Waals surface area contributed by atoms with Crippen LogP contribution in [0.1, 0.15) is 0 Å². The number of fused-ring (bicyclic) bond motifs is 1. The normalized spacial score (nSPS) is 23.3. The van der Waals surface area contributed by atoms with E-state index in [1.165, 1.54) is 0 Å². The van der Waals surface area contributed by atoms with Crippen LogP contribution in [0.5, 0.6) is 28.7 Å². The van der Waals surface area contributed by atoms with E-state index in [1.54, 1.807) is 0 Å². The Labute approximate surface area is 179 Å². The van der Waals surface area contributed by atoms with E-state index >= 15 is 0 Å². The molecule has 2 heterocycles. The van der Waals surface area contributed by atoms with E-state index in [4.69, 9.17) is 13.9 Å². The second-order valence-electron chi connectivity index (χ2n) is 7.38. The average molecular weight is 448 g/mol. The van der Waals surface area contributed by atoms with Gasteiger partial charge in [0.1, 0.15) is 65.0 Å². The molecule has 1 fully saturated rings. The molecule has 11 heteroatoms. The zero-order chi connectivity index (χ0) is 23.2. The first-order valence-electron chi connectivity index (χ1n) is 9.50. The number of ether oxygens (including phenoxy) is 2. The molecule has 4 unspecified atom stereocenters. The smallest absolute Gasteiger partial charge is 0.197 e. The topological polar surface area (TPSA) is 190 Å². The number of hydrogen-bond donors (Lipinski definition) is 7. The van der Waals surface area contributed by atoms with E-state index in [2.05, 4.69) is 0 Å². The molecule has 1 aromatic heterocycles. The van der Waals surface area contributed by atoms with Crippen LogP contribution in [-0.4, -0.2) is 73.4 Å². The molecular weight excluding hydrogens is 428 g/mol. The van der Waals surface area contributed by atoms with Crippen molar-refractivity contribution in [2.45, 2.75) is 24.4 Å². The largest absolute Gasteiger partial charge is 0.508 e. The molecule has 1 aliphatic rings. The molecule has 0 aliphatic carbocycles. The van der Waals surface area contributed by atoms with Crippen molar-refractivity contribution in [1.29, 1.82) is 0 Å². The first-order chi connectivity index (χ1) is 15.2. The van der Waals surface area contributed by atoms with E-state index in [9.17, 15) is 40.5 Å². The molecule has 0 saturated carbocycles. The molecule has 0 spiro atoms. The van der Waals surface area contributed by atoms with Gasteiger partial charge in [-0.1, -0.05) is 0 Å². The number of rotatable bonds is 4. The van der Waals surface area contributed by atoms with Gasteiger partial charge in [0, 0.05) is 24.3 Å². The van der Waals surface area contributed by atoms with Crippen molar-refractivity contribution in [3.63, 3.8) is 0 Å². The maximum absolute atomic E-state index is 12.5. The number of phenols is 4. The molecule has 11 nitrogen and oxygen atoms in total. The van der Waals surface area contributed by atoms with Gasteiger partial charge in [0.15, 0.2) is 16.9 Å². The van der Waals surface area contributed by atoms with Gasteiger partial charge in [-0.25, -0.2) is 0 Å². The SMILES string of the molecule is O=c1cc(-c2cc(O)c(O)cc2OCC2OCC(O)C(O)C2O)oc2cc(O)cc(O)c12. The zero-order valence-corrected chi connectivity index (χ0v) is 16.4. The van der Waals surface area contributed by atoms with Gasteiger partial charge in [0.05, 0.1) is 12.2 Å². The van der Waals surface area contributed by atoms with Crippen molar-refractivity contribution in [2.24, 2.45) is 0 Å². The molecular formula is C21H20O11. The summed E-state index contributed by atoms with van der Waals surface area (Å²) in [7, 11) is 0. The van der Waals surface area contributed by atoms with E-state index in [0.29, 0.717) is 0 Å². The molecule has 0 bridgehead atoms. The summed E-state index contributed by atoms with van der Waals surface area (Å²) in [6, 6.07) is 5.27. The van der Waals surface area contributed by atoms with Gasteiger partial charge in [0.25, 0.3) is 0 Å². The maximum Gasteiger partial charge on any atom is 0.197 e. The summed E-state index contributed by atoms with van der Waals surface area (Å²) >= 11 is 0. The number of hydrogen-bond acceptors (Lipinski definition) is 11. The predicted octanol–water partition coefficient (Wildman–Crippen LogP) is 0.143. The highest BCUT2D eigenvalue weighted by Crippen LogP contribution is 2.40. The third-order valence-electron chi connectivity index (χ3n) is 5.15. The Balaban J connectivity index is 1.72. The molecule has 1 saturated heterocycles. The minimum atomic E-state index is -1.45. The first kappa shape index (κ1) is 21.7. The molecule has 170 valence electrons. The van der Waals surface area contributed by atoms with Crippen LogP contribution in [0.25, 0.3) is 22.3 Å². The number of aromatic hydroxyl groups is 4. The van der Waals surface area contributed by atoms with E-state index < -0.39 is 47.1 Å². The van der Waals surface area contributed by atoms with Crippen LogP contribution in [-0.2, 0) is 4.74 Å². The van der Waals surface area contributed by atoms with Crippen LogP contribution < -0.4 is 10.2 Å². The second kappa shape index (κ2) is 8.20. The Morgan fingerprint density at radius 3 is 2.38 bits per heavy atom. The third kappa shape index (κ3) is 3.89. The lowest BCUT2D eigenvalue weighted by molar-refractivity contribution is -0.193. The Morgan fingerprint density at radius 2 is 1.62 bits per heavy atom. The molecule has 32 heavy (non-hydrogen) atoms. The highest BCUT2D eigenvalue weighted by Gasteiger charge is 2.38. The van der Waals surface area contributed by atoms with Crippen LogP contribution in [0.15, 0.2) is 39.5 Å². The van der Waals surface area contributed by atoms with Crippen molar-refractivity contribution in [2.75, 3.05) is 13.2 Å². The number of aliphatic hydroxyl groups is 3. The Morgan fingerprint density at radius 1 is 0.906 bits per heavy atom. The van der Waals surface area contributed by atoms with E-state index in [0.717, 1.165) is 30.3 Å². The molecule has 2 aromatic carbocycles. The summed E-state index contributed by atoms with van der Waals surface area (Å²) in [5, 5.41) is 68.7. The van der Waals surface area contributed by atoms with Crippen molar-refractivity contribution in [3.05, 3.63) is 40.6 Å². The standard InChI is InChI=1S/C21H20O11/c22-8-1-12(25)19-13(26)5-16(32-17(19)2-8)9-3-10(23)11(24)4-15(9)31-7-18-21(29)20(28)14(27)6-30-18/h1-5,14,18,20-25,27-29H,6-7H2. The molecule has 4 atom stereocenters. The van der Waals surface area contributed by atoms with Gasteiger partial charge in [-0.3, -0.25) is 4.79 Å². The zero-order valence-electron chi connectivity index (χ0n) is 16.4. The van der Waals surface area contributed by atoms with Crippen LogP contribution in [0.3, 0.4) is 0 Å². The van der Waals surface area contributed by atoms with Crippen LogP contribution >= 0.6 is 0 Å². The van der Waals surface area contributed by atoms with Crippen LogP contribution in [0.4, 0.5) is 0 Å². The minimum absolute atomic E-state index is 0.0352. The minimum Gasteiger partial charge on any atom is -0.508 e.